The highest BCUT2D eigenvalue weighted by Gasteiger charge is 2.08. The maximum absolute atomic E-state index is 11.4. The summed E-state index contributed by atoms with van der Waals surface area (Å²) in [5.41, 5.74) is 7.40. The average Bonchev–Trinajstić information content (AvgIpc) is 2.81. The van der Waals surface area contributed by atoms with Gasteiger partial charge in [0, 0.05) is 13.2 Å². The van der Waals surface area contributed by atoms with E-state index in [9.17, 15) is 4.79 Å². The molecule has 0 spiro atoms. The molecule has 0 aliphatic carbocycles. The minimum absolute atomic E-state index is 0.226. The van der Waals surface area contributed by atoms with E-state index < -0.39 is 0 Å². The fourth-order valence-electron chi connectivity index (χ4n) is 1.39. The number of aryl methyl sites for hydroxylation is 1. The lowest BCUT2D eigenvalue weighted by Gasteiger charge is -2.03. The number of aromatic nitrogens is 3. The van der Waals surface area contributed by atoms with Gasteiger partial charge in [0.25, 0.3) is 5.91 Å². The lowest BCUT2D eigenvalue weighted by Crippen LogP contribution is -2.18. The van der Waals surface area contributed by atoms with E-state index in [0.29, 0.717) is 17.2 Å². The van der Waals surface area contributed by atoms with Crippen molar-refractivity contribution in [2.45, 2.75) is 6.92 Å². The Morgan fingerprint density at radius 2 is 2.18 bits per heavy atom. The number of pyridine rings is 1. The van der Waals surface area contributed by atoms with Crippen LogP contribution in [0.25, 0.3) is 5.82 Å². The van der Waals surface area contributed by atoms with Crippen LogP contribution >= 0.6 is 0 Å². The standard InChI is InChI=1S/C11H13N5O/c1-7-8(12)3-4-10(14-7)16-6-5-9(15-16)11(17)13-2/h3-6H,12H2,1-2H3,(H,13,17). The first-order valence-corrected chi connectivity index (χ1v) is 5.13. The zero-order chi connectivity index (χ0) is 12.4. The van der Waals surface area contributed by atoms with E-state index >= 15 is 0 Å². The Labute approximate surface area is 98.5 Å². The molecule has 17 heavy (non-hydrogen) atoms. The second-order valence-electron chi connectivity index (χ2n) is 3.57. The number of hydrogen-bond donors (Lipinski definition) is 2. The Hall–Kier alpha value is -2.37. The molecule has 0 atom stereocenters. The predicted octanol–water partition coefficient (Wildman–Crippen LogP) is 0.518. The molecule has 0 fully saturated rings. The van der Waals surface area contributed by atoms with Crippen molar-refractivity contribution in [1.82, 2.24) is 20.1 Å². The highest BCUT2D eigenvalue weighted by Crippen LogP contribution is 2.11. The zero-order valence-electron chi connectivity index (χ0n) is 9.64. The quantitative estimate of drug-likeness (QED) is 0.788. The van der Waals surface area contributed by atoms with E-state index in [4.69, 9.17) is 5.73 Å². The lowest BCUT2D eigenvalue weighted by molar-refractivity contribution is 0.0957. The van der Waals surface area contributed by atoms with E-state index in [2.05, 4.69) is 15.4 Å². The molecule has 6 nitrogen and oxygen atoms in total. The van der Waals surface area contributed by atoms with Crippen molar-refractivity contribution in [2.24, 2.45) is 0 Å². The third-order valence-corrected chi connectivity index (χ3v) is 2.40. The van der Waals surface area contributed by atoms with Gasteiger partial charge in [-0.3, -0.25) is 4.79 Å². The van der Waals surface area contributed by atoms with Crippen LogP contribution in [0.4, 0.5) is 5.69 Å². The van der Waals surface area contributed by atoms with Crippen molar-refractivity contribution < 1.29 is 4.79 Å². The molecule has 3 N–H and O–H groups in total. The molecule has 1 amide bonds. The molecule has 2 heterocycles. The van der Waals surface area contributed by atoms with Gasteiger partial charge in [0.2, 0.25) is 0 Å². The van der Waals surface area contributed by atoms with E-state index in [-0.39, 0.29) is 5.91 Å². The fraction of sp³-hybridized carbons (Fsp3) is 0.182. The van der Waals surface area contributed by atoms with E-state index in [1.807, 2.05) is 6.92 Å². The maximum atomic E-state index is 11.4. The normalized spacial score (nSPS) is 10.2. The second kappa shape index (κ2) is 4.25. The van der Waals surface area contributed by atoms with Crippen LogP contribution in [0.5, 0.6) is 0 Å². The van der Waals surface area contributed by atoms with Gasteiger partial charge < -0.3 is 11.1 Å². The Morgan fingerprint density at radius 3 is 2.82 bits per heavy atom. The Kier molecular flexibility index (Phi) is 2.78. The minimum atomic E-state index is -0.226. The lowest BCUT2D eigenvalue weighted by atomic mass is 10.3. The molecule has 0 saturated carbocycles. The van der Waals surface area contributed by atoms with Crippen LogP contribution in [0.3, 0.4) is 0 Å². The summed E-state index contributed by atoms with van der Waals surface area (Å²) < 4.78 is 1.54. The maximum Gasteiger partial charge on any atom is 0.271 e. The van der Waals surface area contributed by atoms with Gasteiger partial charge >= 0.3 is 0 Å². The monoisotopic (exact) mass is 231 g/mol. The van der Waals surface area contributed by atoms with Gasteiger partial charge in [0.05, 0.1) is 11.4 Å². The van der Waals surface area contributed by atoms with Crippen LogP contribution in [0, 0.1) is 6.92 Å². The smallest absolute Gasteiger partial charge is 0.271 e. The number of nitrogens with zero attached hydrogens (tertiary/aromatic N) is 3. The third-order valence-electron chi connectivity index (χ3n) is 2.40. The first kappa shape index (κ1) is 11.1. The number of nitrogens with two attached hydrogens (primary N) is 1. The summed E-state index contributed by atoms with van der Waals surface area (Å²) >= 11 is 0. The average molecular weight is 231 g/mol. The van der Waals surface area contributed by atoms with Crippen molar-refractivity contribution >= 4 is 11.6 Å². The molecule has 2 aromatic rings. The second-order valence-corrected chi connectivity index (χ2v) is 3.57. The minimum Gasteiger partial charge on any atom is -0.397 e. The van der Waals surface area contributed by atoms with Crippen LogP contribution < -0.4 is 11.1 Å². The van der Waals surface area contributed by atoms with Gasteiger partial charge in [-0.1, -0.05) is 0 Å². The Balaban J connectivity index is 2.37. The molecule has 88 valence electrons. The summed E-state index contributed by atoms with van der Waals surface area (Å²) in [6, 6.07) is 5.15. The predicted molar refractivity (Wildman–Crippen MR) is 63.9 cm³/mol. The highest BCUT2D eigenvalue weighted by molar-refractivity contribution is 5.91. The molecule has 0 saturated heterocycles. The number of carbonyl (C=O) groups is 1. The van der Waals surface area contributed by atoms with Gasteiger partial charge in [-0.25, -0.2) is 9.67 Å². The first-order chi connectivity index (χ1) is 8.11. The molecular weight excluding hydrogens is 218 g/mol. The fourth-order valence-corrected chi connectivity index (χ4v) is 1.39. The van der Waals surface area contributed by atoms with Crippen molar-refractivity contribution in [3.8, 4) is 5.82 Å². The molecular formula is C11H13N5O. The number of amides is 1. The Bertz CT molecular complexity index is 561. The van der Waals surface area contributed by atoms with Gasteiger partial charge in [-0.15, -0.1) is 0 Å². The molecule has 6 heteroatoms. The van der Waals surface area contributed by atoms with Crippen LogP contribution in [0.1, 0.15) is 16.2 Å². The number of hydrogen-bond acceptors (Lipinski definition) is 4. The molecule has 2 rings (SSSR count). The van der Waals surface area contributed by atoms with Gasteiger partial charge in [0.15, 0.2) is 11.5 Å². The van der Waals surface area contributed by atoms with E-state index in [0.717, 1.165) is 5.69 Å². The largest absolute Gasteiger partial charge is 0.397 e. The molecule has 2 aromatic heterocycles. The van der Waals surface area contributed by atoms with Gasteiger partial charge in [-0.2, -0.15) is 5.10 Å². The molecule has 0 radical (unpaired) electrons. The molecule has 0 aliphatic rings. The molecule has 0 unspecified atom stereocenters. The SMILES string of the molecule is CNC(=O)c1ccn(-c2ccc(N)c(C)n2)n1. The van der Waals surface area contributed by atoms with Crippen molar-refractivity contribution in [3.05, 3.63) is 35.8 Å². The van der Waals surface area contributed by atoms with E-state index in [1.165, 1.54) is 4.68 Å². The molecule has 0 bridgehead atoms. The highest BCUT2D eigenvalue weighted by atomic mass is 16.1. The van der Waals surface area contributed by atoms with E-state index in [1.54, 1.807) is 31.4 Å². The summed E-state index contributed by atoms with van der Waals surface area (Å²) in [6.45, 7) is 1.82. The first-order valence-electron chi connectivity index (χ1n) is 5.13. The van der Waals surface area contributed by atoms with Crippen molar-refractivity contribution in [2.75, 3.05) is 12.8 Å². The van der Waals surface area contributed by atoms with Crippen LogP contribution in [0.2, 0.25) is 0 Å². The number of nitrogens with one attached hydrogen (secondary N) is 1. The summed E-state index contributed by atoms with van der Waals surface area (Å²) in [6.07, 6.45) is 1.68. The van der Waals surface area contributed by atoms with Crippen LogP contribution in [-0.2, 0) is 0 Å². The number of carbonyl (C=O) groups excluding carboxylic acids is 1. The van der Waals surface area contributed by atoms with Crippen LogP contribution in [0.15, 0.2) is 24.4 Å². The topological polar surface area (TPSA) is 85.8 Å². The summed E-state index contributed by atoms with van der Waals surface area (Å²) in [5.74, 6) is 0.405. The number of anilines is 1. The number of rotatable bonds is 2. The van der Waals surface area contributed by atoms with Crippen molar-refractivity contribution in [1.29, 1.82) is 0 Å². The van der Waals surface area contributed by atoms with Crippen molar-refractivity contribution in [3.63, 3.8) is 0 Å². The number of nitrogen functional groups attached to an aromatic ring is 1. The third kappa shape index (κ3) is 2.10. The Morgan fingerprint density at radius 1 is 1.41 bits per heavy atom. The van der Waals surface area contributed by atoms with Gasteiger partial charge in [0.1, 0.15) is 0 Å². The zero-order valence-corrected chi connectivity index (χ0v) is 9.64. The molecule has 0 aliphatic heterocycles. The summed E-state index contributed by atoms with van der Waals surface area (Å²) in [4.78, 5) is 15.6. The van der Waals surface area contributed by atoms with Gasteiger partial charge in [-0.05, 0) is 25.1 Å². The summed E-state index contributed by atoms with van der Waals surface area (Å²) in [5, 5.41) is 6.63. The molecule has 0 aromatic carbocycles. The summed E-state index contributed by atoms with van der Waals surface area (Å²) in [7, 11) is 1.56. The van der Waals surface area contributed by atoms with Crippen LogP contribution in [-0.4, -0.2) is 27.7 Å².